The molecule has 0 bridgehead atoms. The molecular weight excluding hydrogens is 283 g/mol. The van der Waals surface area contributed by atoms with E-state index in [9.17, 15) is 0 Å². The Kier molecular flexibility index (Phi) is 15.4. The van der Waals surface area contributed by atoms with Crippen molar-refractivity contribution in [3.63, 3.8) is 0 Å². The van der Waals surface area contributed by atoms with Gasteiger partial charge in [0.15, 0.2) is 0 Å². The predicted molar refractivity (Wildman–Crippen MR) is 92.4 cm³/mol. The zero-order chi connectivity index (χ0) is 15.9. The third kappa shape index (κ3) is 11.5. The van der Waals surface area contributed by atoms with Crippen molar-refractivity contribution >= 4 is 8.60 Å². The molecule has 0 aliphatic carbocycles. The summed E-state index contributed by atoms with van der Waals surface area (Å²) in [6.07, 6.45) is 9.89. The Morgan fingerprint density at radius 3 is 1.48 bits per heavy atom. The molecule has 128 valence electrons. The van der Waals surface area contributed by atoms with Gasteiger partial charge in [-0.15, -0.1) is 0 Å². The highest BCUT2D eigenvalue weighted by molar-refractivity contribution is 7.41. The fourth-order valence-corrected chi connectivity index (χ4v) is 3.22. The van der Waals surface area contributed by atoms with Crippen molar-refractivity contribution < 1.29 is 13.6 Å². The molecule has 0 heterocycles. The Morgan fingerprint density at radius 1 is 0.762 bits per heavy atom. The van der Waals surface area contributed by atoms with E-state index in [1.165, 1.54) is 51.4 Å². The van der Waals surface area contributed by atoms with Crippen LogP contribution in [0.5, 0.6) is 0 Å². The van der Waals surface area contributed by atoms with E-state index in [4.69, 9.17) is 13.6 Å². The topological polar surface area (TPSA) is 27.7 Å². The zero-order valence-corrected chi connectivity index (χ0v) is 15.8. The Bertz CT molecular complexity index is 194. The Morgan fingerprint density at radius 2 is 1.19 bits per heavy atom. The van der Waals surface area contributed by atoms with Gasteiger partial charge in [-0.05, 0) is 24.7 Å². The van der Waals surface area contributed by atoms with Crippen LogP contribution >= 0.6 is 8.60 Å². The van der Waals surface area contributed by atoms with E-state index < -0.39 is 8.60 Å². The minimum absolute atomic E-state index is 0.635. The van der Waals surface area contributed by atoms with Crippen molar-refractivity contribution in [2.24, 2.45) is 11.8 Å². The van der Waals surface area contributed by atoms with Crippen LogP contribution < -0.4 is 0 Å². The molecule has 21 heavy (non-hydrogen) atoms. The molecule has 2 unspecified atom stereocenters. The lowest BCUT2D eigenvalue weighted by molar-refractivity contribution is 0.136. The minimum Gasteiger partial charge on any atom is -0.316 e. The van der Waals surface area contributed by atoms with E-state index in [0.717, 1.165) is 13.2 Å². The summed E-state index contributed by atoms with van der Waals surface area (Å²) in [5.74, 6) is 1.27. The molecule has 3 nitrogen and oxygen atoms in total. The Balaban J connectivity index is 3.96. The van der Waals surface area contributed by atoms with Crippen LogP contribution in [-0.2, 0) is 13.6 Å². The Labute approximate surface area is 134 Å². The van der Waals surface area contributed by atoms with Crippen LogP contribution in [0.3, 0.4) is 0 Å². The van der Waals surface area contributed by atoms with Gasteiger partial charge in [0.05, 0.1) is 13.2 Å². The maximum absolute atomic E-state index is 5.86. The van der Waals surface area contributed by atoms with Crippen LogP contribution in [0.15, 0.2) is 0 Å². The first-order valence-electron chi connectivity index (χ1n) is 8.81. The quantitative estimate of drug-likeness (QED) is 0.330. The second kappa shape index (κ2) is 15.2. The summed E-state index contributed by atoms with van der Waals surface area (Å²) < 4.78 is 17.1. The van der Waals surface area contributed by atoms with Crippen molar-refractivity contribution in [1.82, 2.24) is 0 Å². The molecule has 0 saturated carbocycles. The number of unbranched alkanes of at least 4 members (excludes halogenated alkanes) is 2. The molecule has 0 fully saturated rings. The zero-order valence-electron chi connectivity index (χ0n) is 14.9. The summed E-state index contributed by atoms with van der Waals surface area (Å²) in [7, 11) is 0.521. The number of hydrogen-bond donors (Lipinski definition) is 0. The molecule has 4 heteroatoms. The molecule has 0 radical (unpaired) electrons. The van der Waals surface area contributed by atoms with Gasteiger partial charge in [-0.1, -0.05) is 66.2 Å². The van der Waals surface area contributed by atoms with Gasteiger partial charge in [0.1, 0.15) is 0 Å². The molecule has 0 amide bonds. The minimum atomic E-state index is -1.16. The van der Waals surface area contributed by atoms with Crippen molar-refractivity contribution in [3.8, 4) is 0 Å². The molecule has 2 atom stereocenters. The van der Waals surface area contributed by atoms with Crippen molar-refractivity contribution in [2.75, 3.05) is 20.3 Å². The van der Waals surface area contributed by atoms with Gasteiger partial charge in [0, 0.05) is 7.11 Å². The highest BCUT2D eigenvalue weighted by Crippen LogP contribution is 2.40. The standard InChI is InChI=1S/C17H37O3P/c1-6-10-12-16(8-3)14-19-21(18-5)20-15-17(9-4)13-11-7-2/h16-17H,6-15H2,1-5H3. The summed E-state index contributed by atoms with van der Waals surface area (Å²) in [4.78, 5) is 0. The first-order valence-corrected chi connectivity index (χ1v) is 9.91. The molecule has 0 aromatic heterocycles. The average molecular weight is 320 g/mol. The molecular formula is C17H37O3P. The normalized spacial score (nSPS) is 15.9. The number of hydrogen-bond acceptors (Lipinski definition) is 3. The first-order chi connectivity index (χ1) is 10.2. The van der Waals surface area contributed by atoms with Crippen LogP contribution in [0.4, 0.5) is 0 Å². The fourth-order valence-electron chi connectivity index (χ4n) is 2.27. The lowest BCUT2D eigenvalue weighted by Gasteiger charge is -2.21. The maximum atomic E-state index is 5.86. The second-order valence-electron chi connectivity index (χ2n) is 5.83. The summed E-state index contributed by atoms with van der Waals surface area (Å²) >= 11 is 0. The van der Waals surface area contributed by atoms with Crippen LogP contribution in [-0.4, -0.2) is 20.3 Å². The second-order valence-corrected chi connectivity index (χ2v) is 7.16. The van der Waals surface area contributed by atoms with E-state index >= 15 is 0 Å². The maximum Gasteiger partial charge on any atom is 0.332 e. The van der Waals surface area contributed by atoms with Gasteiger partial charge in [-0.25, -0.2) is 0 Å². The van der Waals surface area contributed by atoms with Gasteiger partial charge in [0.2, 0.25) is 0 Å². The van der Waals surface area contributed by atoms with E-state index in [2.05, 4.69) is 27.7 Å². The van der Waals surface area contributed by atoms with E-state index in [1.807, 2.05) is 0 Å². The van der Waals surface area contributed by atoms with Gasteiger partial charge in [-0.3, -0.25) is 0 Å². The van der Waals surface area contributed by atoms with Gasteiger partial charge >= 0.3 is 8.60 Å². The lowest BCUT2D eigenvalue weighted by Crippen LogP contribution is -2.11. The van der Waals surface area contributed by atoms with Crippen molar-refractivity contribution in [1.29, 1.82) is 0 Å². The monoisotopic (exact) mass is 320 g/mol. The first kappa shape index (κ1) is 21.3. The van der Waals surface area contributed by atoms with E-state index in [1.54, 1.807) is 7.11 Å². The SMILES string of the molecule is CCCCC(CC)COP(OC)OCC(CC)CCCC. The summed E-state index contributed by atoms with van der Waals surface area (Å²) in [5.41, 5.74) is 0. The largest absolute Gasteiger partial charge is 0.332 e. The third-order valence-corrected chi connectivity index (χ3v) is 5.08. The van der Waals surface area contributed by atoms with E-state index in [-0.39, 0.29) is 0 Å². The molecule has 0 spiro atoms. The highest BCUT2D eigenvalue weighted by atomic mass is 31.2. The van der Waals surface area contributed by atoms with Gasteiger partial charge in [0.25, 0.3) is 0 Å². The van der Waals surface area contributed by atoms with Crippen molar-refractivity contribution in [2.45, 2.75) is 79.1 Å². The van der Waals surface area contributed by atoms with Gasteiger partial charge in [-0.2, -0.15) is 0 Å². The van der Waals surface area contributed by atoms with Crippen LogP contribution in [0.2, 0.25) is 0 Å². The molecule has 0 saturated heterocycles. The predicted octanol–water partition coefficient (Wildman–Crippen LogP) is 6.33. The Hall–Kier alpha value is 0.310. The third-order valence-electron chi connectivity index (χ3n) is 4.07. The van der Waals surface area contributed by atoms with Crippen LogP contribution in [0.1, 0.15) is 79.1 Å². The van der Waals surface area contributed by atoms with Crippen molar-refractivity contribution in [3.05, 3.63) is 0 Å². The molecule has 0 N–H and O–H groups in total. The molecule has 0 aliphatic heterocycles. The molecule has 0 aliphatic rings. The number of rotatable bonds is 15. The van der Waals surface area contributed by atoms with E-state index in [0.29, 0.717) is 11.8 Å². The van der Waals surface area contributed by atoms with Gasteiger partial charge < -0.3 is 13.6 Å². The smallest absolute Gasteiger partial charge is 0.316 e. The summed E-state index contributed by atoms with van der Waals surface area (Å²) in [6, 6.07) is 0. The fraction of sp³-hybridized carbons (Fsp3) is 1.00. The lowest BCUT2D eigenvalue weighted by atomic mass is 10.0. The molecule has 0 rings (SSSR count). The molecule has 0 aromatic carbocycles. The highest BCUT2D eigenvalue weighted by Gasteiger charge is 2.16. The molecule has 0 aromatic rings. The average Bonchev–Trinajstić information content (AvgIpc) is 2.52. The summed E-state index contributed by atoms with van der Waals surface area (Å²) in [6.45, 7) is 10.5. The summed E-state index contributed by atoms with van der Waals surface area (Å²) in [5, 5.41) is 0. The van der Waals surface area contributed by atoms with Crippen LogP contribution in [0.25, 0.3) is 0 Å². The van der Waals surface area contributed by atoms with Crippen LogP contribution in [0, 0.1) is 11.8 Å².